The number of nitrogens with zero attached hydrogens (tertiary/aromatic N) is 3. The number of sulfonamides is 1. The van der Waals surface area contributed by atoms with E-state index in [4.69, 9.17) is 0 Å². The zero-order valence-electron chi connectivity index (χ0n) is 17.1. The van der Waals surface area contributed by atoms with Crippen LogP contribution in [0.5, 0.6) is 0 Å². The Kier molecular flexibility index (Phi) is 5.31. The van der Waals surface area contributed by atoms with Crippen LogP contribution in [-0.2, 0) is 14.8 Å². The quantitative estimate of drug-likeness (QED) is 0.356. The summed E-state index contributed by atoms with van der Waals surface area (Å²) in [6, 6.07) is 12.2. The Labute approximate surface area is 188 Å². The van der Waals surface area contributed by atoms with E-state index in [1.807, 2.05) is 25.1 Å². The fourth-order valence-corrected chi connectivity index (χ4v) is 5.16. The van der Waals surface area contributed by atoms with Gasteiger partial charge in [0.15, 0.2) is 5.65 Å². The molecule has 1 amide bonds. The number of nitrogens with one attached hydrogen (secondary N) is 3. The first-order valence-electron chi connectivity index (χ1n) is 10.1. The standard InChI is InChI=1S/C21H20N6O3S2/c1-12-2-9-17-16(10-12)19-20(23-17)24-21(26-25-19)31-11-18(28)22-13-5-7-15(8-6-13)32(29,30)27-14-3-4-14/h2,5-10,14,27H,3-4,11H2,1H3,(H,22,28)(H,23,24,26). The van der Waals surface area contributed by atoms with Gasteiger partial charge in [-0.05, 0) is 56.2 Å². The summed E-state index contributed by atoms with van der Waals surface area (Å²) in [5.41, 5.74) is 3.90. The largest absolute Gasteiger partial charge is 0.338 e. The molecule has 1 saturated carbocycles. The molecule has 32 heavy (non-hydrogen) atoms. The fourth-order valence-electron chi connectivity index (χ4n) is 3.26. The maximum absolute atomic E-state index is 12.3. The molecular formula is C21H20N6O3S2. The third-order valence-corrected chi connectivity index (χ3v) is 7.40. The molecule has 164 valence electrons. The molecule has 0 unspecified atom stereocenters. The predicted molar refractivity (Wildman–Crippen MR) is 123 cm³/mol. The normalized spacial score (nSPS) is 14.2. The molecule has 0 spiro atoms. The highest BCUT2D eigenvalue weighted by molar-refractivity contribution is 7.99. The van der Waals surface area contributed by atoms with Gasteiger partial charge in [-0.25, -0.2) is 18.1 Å². The van der Waals surface area contributed by atoms with Crippen LogP contribution in [0, 0.1) is 6.92 Å². The summed E-state index contributed by atoms with van der Waals surface area (Å²) in [4.78, 5) is 20.2. The number of hydrogen-bond donors (Lipinski definition) is 3. The van der Waals surface area contributed by atoms with Gasteiger partial charge in [0.1, 0.15) is 5.52 Å². The molecule has 0 atom stereocenters. The first-order valence-corrected chi connectivity index (χ1v) is 12.5. The molecule has 1 fully saturated rings. The number of aromatic nitrogens is 4. The third kappa shape index (κ3) is 4.45. The summed E-state index contributed by atoms with van der Waals surface area (Å²) in [5, 5.41) is 12.5. The Balaban J connectivity index is 1.22. The minimum absolute atomic E-state index is 0.0424. The lowest BCUT2D eigenvalue weighted by molar-refractivity contribution is -0.113. The van der Waals surface area contributed by atoms with Gasteiger partial charge in [-0.3, -0.25) is 4.79 Å². The minimum atomic E-state index is -3.51. The van der Waals surface area contributed by atoms with Crippen LogP contribution in [0.3, 0.4) is 0 Å². The van der Waals surface area contributed by atoms with Gasteiger partial charge in [0.2, 0.25) is 21.1 Å². The lowest BCUT2D eigenvalue weighted by Crippen LogP contribution is -2.25. The van der Waals surface area contributed by atoms with Gasteiger partial charge in [-0.15, -0.1) is 10.2 Å². The van der Waals surface area contributed by atoms with Crippen LogP contribution in [0.4, 0.5) is 5.69 Å². The zero-order valence-corrected chi connectivity index (χ0v) is 18.8. The van der Waals surface area contributed by atoms with Crippen molar-refractivity contribution in [2.24, 2.45) is 0 Å². The molecule has 5 rings (SSSR count). The van der Waals surface area contributed by atoms with Crippen LogP contribution in [-0.4, -0.2) is 46.3 Å². The molecule has 0 bridgehead atoms. The Morgan fingerprint density at radius 3 is 2.69 bits per heavy atom. The number of amides is 1. The minimum Gasteiger partial charge on any atom is -0.338 e. The highest BCUT2D eigenvalue weighted by Gasteiger charge is 2.27. The highest BCUT2D eigenvalue weighted by atomic mass is 32.2. The number of hydrogen-bond acceptors (Lipinski definition) is 7. The van der Waals surface area contributed by atoms with Gasteiger partial charge in [0.25, 0.3) is 0 Å². The number of rotatable bonds is 7. The molecule has 11 heteroatoms. The number of carbonyl (C=O) groups excluding carboxylic acids is 1. The van der Waals surface area contributed by atoms with E-state index in [2.05, 4.69) is 30.2 Å². The second-order valence-electron chi connectivity index (χ2n) is 7.72. The monoisotopic (exact) mass is 468 g/mol. The number of anilines is 1. The average Bonchev–Trinajstić information content (AvgIpc) is 3.50. The summed E-state index contributed by atoms with van der Waals surface area (Å²) >= 11 is 1.17. The number of benzene rings is 2. The Morgan fingerprint density at radius 1 is 1.16 bits per heavy atom. The first kappa shape index (κ1) is 20.9. The zero-order chi connectivity index (χ0) is 22.3. The van der Waals surface area contributed by atoms with Crippen LogP contribution in [0.1, 0.15) is 18.4 Å². The first-order chi connectivity index (χ1) is 15.4. The van der Waals surface area contributed by atoms with Crippen LogP contribution in [0.25, 0.3) is 22.1 Å². The van der Waals surface area contributed by atoms with Gasteiger partial charge in [0.05, 0.1) is 10.6 Å². The highest BCUT2D eigenvalue weighted by Crippen LogP contribution is 2.25. The number of thioether (sulfide) groups is 1. The molecule has 9 nitrogen and oxygen atoms in total. The number of H-pyrrole nitrogens is 1. The molecule has 0 saturated heterocycles. The van der Waals surface area contributed by atoms with Crippen molar-refractivity contribution in [3.63, 3.8) is 0 Å². The van der Waals surface area contributed by atoms with Crippen LogP contribution in [0.15, 0.2) is 52.5 Å². The SMILES string of the molecule is Cc1ccc2[nH]c3nc(SCC(=O)Nc4ccc(S(=O)(=O)NC5CC5)cc4)nnc3c2c1. The van der Waals surface area contributed by atoms with Gasteiger partial charge in [-0.2, -0.15) is 0 Å². The van der Waals surface area contributed by atoms with Gasteiger partial charge in [0, 0.05) is 22.6 Å². The van der Waals surface area contributed by atoms with Crippen molar-refractivity contribution in [1.29, 1.82) is 0 Å². The fraction of sp³-hybridized carbons (Fsp3) is 0.238. The summed E-state index contributed by atoms with van der Waals surface area (Å²) in [6.45, 7) is 2.01. The second kappa shape index (κ2) is 8.15. The van der Waals surface area contributed by atoms with E-state index >= 15 is 0 Å². The average molecular weight is 469 g/mol. The Morgan fingerprint density at radius 2 is 1.94 bits per heavy atom. The second-order valence-corrected chi connectivity index (χ2v) is 10.4. The molecule has 0 aliphatic heterocycles. The van der Waals surface area contributed by atoms with Crippen LogP contribution < -0.4 is 10.0 Å². The van der Waals surface area contributed by atoms with E-state index in [0.29, 0.717) is 22.0 Å². The molecule has 4 aromatic rings. The molecule has 2 heterocycles. The van der Waals surface area contributed by atoms with Crippen molar-refractivity contribution in [3.8, 4) is 0 Å². The third-order valence-electron chi connectivity index (χ3n) is 5.03. The maximum atomic E-state index is 12.3. The van der Waals surface area contributed by atoms with E-state index in [-0.39, 0.29) is 22.6 Å². The summed E-state index contributed by atoms with van der Waals surface area (Å²) in [7, 11) is -3.51. The molecule has 0 radical (unpaired) electrons. The number of carbonyl (C=O) groups is 1. The Bertz CT molecular complexity index is 1430. The number of aryl methyl sites for hydroxylation is 1. The molecule has 1 aliphatic carbocycles. The lowest BCUT2D eigenvalue weighted by atomic mass is 10.2. The van der Waals surface area contributed by atoms with E-state index < -0.39 is 10.0 Å². The maximum Gasteiger partial charge on any atom is 0.240 e. The van der Waals surface area contributed by atoms with E-state index in [1.165, 1.54) is 23.9 Å². The van der Waals surface area contributed by atoms with E-state index in [9.17, 15) is 13.2 Å². The van der Waals surface area contributed by atoms with Crippen LogP contribution in [0.2, 0.25) is 0 Å². The summed E-state index contributed by atoms with van der Waals surface area (Å²) in [6.07, 6.45) is 1.74. The van der Waals surface area contributed by atoms with Gasteiger partial charge < -0.3 is 10.3 Å². The lowest BCUT2D eigenvalue weighted by Gasteiger charge is -2.08. The van der Waals surface area contributed by atoms with Crippen molar-refractivity contribution in [2.75, 3.05) is 11.1 Å². The van der Waals surface area contributed by atoms with Crippen molar-refractivity contribution in [1.82, 2.24) is 24.9 Å². The van der Waals surface area contributed by atoms with Crippen molar-refractivity contribution >= 4 is 55.4 Å². The molecular weight excluding hydrogens is 448 g/mol. The molecule has 3 N–H and O–H groups in total. The Hall–Kier alpha value is -3.02. The molecule has 1 aliphatic rings. The van der Waals surface area contributed by atoms with Crippen LogP contribution >= 0.6 is 11.8 Å². The van der Waals surface area contributed by atoms with Crippen molar-refractivity contribution < 1.29 is 13.2 Å². The van der Waals surface area contributed by atoms with Crippen molar-refractivity contribution in [2.45, 2.75) is 35.9 Å². The van der Waals surface area contributed by atoms with E-state index in [0.717, 1.165) is 29.3 Å². The van der Waals surface area contributed by atoms with Gasteiger partial charge >= 0.3 is 0 Å². The predicted octanol–water partition coefficient (Wildman–Crippen LogP) is 2.99. The van der Waals surface area contributed by atoms with Gasteiger partial charge in [-0.1, -0.05) is 23.4 Å². The molecule has 2 aromatic carbocycles. The topological polar surface area (TPSA) is 130 Å². The summed E-state index contributed by atoms with van der Waals surface area (Å²) < 4.78 is 27.1. The number of aromatic amines is 1. The summed E-state index contributed by atoms with van der Waals surface area (Å²) in [5.74, 6) is -0.159. The molecule has 2 aromatic heterocycles. The number of fused-ring (bicyclic) bond motifs is 3. The van der Waals surface area contributed by atoms with E-state index in [1.54, 1.807) is 12.1 Å². The van der Waals surface area contributed by atoms with Crippen molar-refractivity contribution in [3.05, 3.63) is 48.0 Å². The smallest absolute Gasteiger partial charge is 0.240 e.